The molecule has 2 aliphatic rings. The van der Waals surface area contributed by atoms with Crippen LogP contribution in [-0.2, 0) is 0 Å². The van der Waals surface area contributed by atoms with Crippen molar-refractivity contribution in [2.75, 3.05) is 11.5 Å². The minimum atomic E-state index is 1.37. The average molecular weight is 200 g/mol. The molecular formula is C10H16S2. The largest absolute Gasteiger partial charge is 0.119 e. The van der Waals surface area contributed by atoms with Gasteiger partial charge in [0.05, 0.1) is 0 Å². The number of allylic oxidation sites excluding steroid dienone is 1. The molecule has 0 aromatic rings. The SMILES string of the molecule is C1CCC(=C2SCCCS2)CC1. The van der Waals surface area contributed by atoms with Crippen LogP contribution in [0, 0.1) is 0 Å². The number of rotatable bonds is 0. The summed E-state index contributed by atoms with van der Waals surface area (Å²) in [5, 5.41) is 0. The van der Waals surface area contributed by atoms with Crippen molar-refractivity contribution in [2.24, 2.45) is 0 Å². The Morgan fingerprint density at radius 2 is 1.42 bits per heavy atom. The molecule has 1 saturated heterocycles. The van der Waals surface area contributed by atoms with Crippen molar-refractivity contribution in [2.45, 2.75) is 38.5 Å². The quantitative estimate of drug-likeness (QED) is 0.579. The summed E-state index contributed by atoms with van der Waals surface area (Å²) in [4.78, 5) is 0. The van der Waals surface area contributed by atoms with Crippen molar-refractivity contribution >= 4 is 23.5 Å². The molecule has 12 heavy (non-hydrogen) atoms. The zero-order chi connectivity index (χ0) is 8.23. The highest BCUT2D eigenvalue weighted by Gasteiger charge is 2.14. The predicted molar refractivity (Wildman–Crippen MR) is 59.6 cm³/mol. The lowest BCUT2D eigenvalue weighted by Gasteiger charge is -2.21. The van der Waals surface area contributed by atoms with Gasteiger partial charge >= 0.3 is 0 Å². The van der Waals surface area contributed by atoms with Gasteiger partial charge in [0.25, 0.3) is 0 Å². The van der Waals surface area contributed by atoms with E-state index in [1.165, 1.54) is 50.0 Å². The maximum atomic E-state index is 2.11. The van der Waals surface area contributed by atoms with Crippen molar-refractivity contribution in [1.82, 2.24) is 0 Å². The summed E-state index contributed by atoms with van der Waals surface area (Å²) in [6.07, 6.45) is 8.56. The maximum absolute atomic E-state index is 2.11. The average Bonchev–Trinajstić information content (AvgIpc) is 2.21. The highest BCUT2D eigenvalue weighted by molar-refractivity contribution is 8.22. The van der Waals surface area contributed by atoms with Crippen LogP contribution in [0.5, 0.6) is 0 Å². The fourth-order valence-electron chi connectivity index (χ4n) is 1.82. The first-order valence-electron chi connectivity index (χ1n) is 4.94. The Labute approximate surface area is 83.6 Å². The topological polar surface area (TPSA) is 0 Å². The van der Waals surface area contributed by atoms with Gasteiger partial charge in [0.2, 0.25) is 0 Å². The van der Waals surface area contributed by atoms with E-state index < -0.39 is 0 Å². The number of thioether (sulfide) groups is 2. The molecule has 2 fully saturated rings. The van der Waals surface area contributed by atoms with Crippen LogP contribution < -0.4 is 0 Å². The van der Waals surface area contributed by atoms with E-state index in [1.807, 2.05) is 0 Å². The first-order chi connectivity index (χ1) is 5.97. The third kappa shape index (κ3) is 2.23. The van der Waals surface area contributed by atoms with Crippen LogP contribution >= 0.6 is 23.5 Å². The standard InChI is InChI=1S/C10H16S2/c1-2-5-9(6-3-1)10-11-7-4-8-12-10/h1-8H2. The van der Waals surface area contributed by atoms with Crippen LogP contribution in [0.25, 0.3) is 0 Å². The Morgan fingerprint density at radius 1 is 0.750 bits per heavy atom. The van der Waals surface area contributed by atoms with Crippen molar-refractivity contribution in [3.63, 3.8) is 0 Å². The van der Waals surface area contributed by atoms with E-state index in [1.54, 1.807) is 9.81 Å². The second kappa shape index (κ2) is 4.61. The van der Waals surface area contributed by atoms with E-state index in [0.29, 0.717) is 0 Å². The van der Waals surface area contributed by atoms with Crippen molar-refractivity contribution in [3.8, 4) is 0 Å². The molecule has 0 atom stereocenters. The Balaban J connectivity index is 2.00. The van der Waals surface area contributed by atoms with E-state index in [2.05, 4.69) is 23.5 Å². The lowest BCUT2D eigenvalue weighted by Crippen LogP contribution is -1.99. The van der Waals surface area contributed by atoms with Gasteiger partial charge in [0.1, 0.15) is 0 Å². The summed E-state index contributed by atoms with van der Waals surface area (Å²) in [5.74, 6) is 2.73. The van der Waals surface area contributed by atoms with Gasteiger partial charge in [-0.2, -0.15) is 0 Å². The Kier molecular flexibility index (Phi) is 3.47. The van der Waals surface area contributed by atoms with Crippen LogP contribution in [0.4, 0.5) is 0 Å². The highest BCUT2D eigenvalue weighted by atomic mass is 32.2. The molecule has 0 aromatic heterocycles. The smallest absolute Gasteiger partial charge is 0.0392 e. The van der Waals surface area contributed by atoms with Gasteiger partial charge in [0.15, 0.2) is 0 Å². The van der Waals surface area contributed by atoms with Crippen LogP contribution in [0.1, 0.15) is 38.5 Å². The van der Waals surface area contributed by atoms with Gasteiger partial charge in [-0.25, -0.2) is 0 Å². The molecule has 1 saturated carbocycles. The molecule has 1 heterocycles. The second-order valence-electron chi connectivity index (χ2n) is 3.50. The highest BCUT2D eigenvalue weighted by Crippen LogP contribution is 2.41. The molecule has 0 spiro atoms. The number of hydrogen-bond donors (Lipinski definition) is 0. The normalized spacial score (nSPS) is 26.0. The molecule has 0 N–H and O–H groups in total. The molecule has 0 nitrogen and oxygen atoms in total. The van der Waals surface area contributed by atoms with E-state index in [9.17, 15) is 0 Å². The van der Waals surface area contributed by atoms with Crippen LogP contribution in [0.2, 0.25) is 0 Å². The van der Waals surface area contributed by atoms with Gasteiger partial charge in [-0.1, -0.05) is 12.0 Å². The van der Waals surface area contributed by atoms with Crippen molar-refractivity contribution in [1.29, 1.82) is 0 Å². The zero-order valence-corrected chi connectivity index (χ0v) is 9.11. The first-order valence-corrected chi connectivity index (χ1v) is 6.91. The van der Waals surface area contributed by atoms with Gasteiger partial charge in [-0.3, -0.25) is 0 Å². The molecule has 0 aromatic carbocycles. The molecule has 1 aliphatic heterocycles. The van der Waals surface area contributed by atoms with E-state index in [0.717, 1.165) is 0 Å². The van der Waals surface area contributed by atoms with E-state index in [-0.39, 0.29) is 0 Å². The Morgan fingerprint density at radius 3 is 2.08 bits per heavy atom. The molecule has 2 rings (SSSR count). The third-order valence-electron chi connectivity index (χ3n) is 2.50. The van der Waals surface area contributed by atoms with Gasteiger partial charge in [0, 0.05) is 4.24 Å². The second-order valence-corrected chi connectivity index (χ2v) is 5.97. The molecule has 68 valence electrons. The van der Waals surface area contributed by atoms with Crippen LogP contribution in [0.3, 0.4) is 0 Å². The summed E-state index contributed by atoms with van der Waals surface area (Å²) >= 11 is 4.22. The van der Waals surface area contributed by atoms with E-state index >= 15 is 0 Å². The lowest BCUT2D eigenvalue weighted by atomic mass is 9.96. The molecule has 0 unspecified atom stereocenters. The van der Waals surface area contributed by atoms with Gasteiger partial charge in [-0.15, -0.1) is 23.5 Å². The summed E-state index contributed by atoms with van der Waals surface area (Å²) in [7, 11) is 0. The van der Waals surface area contributed by atoms with Crippen molar-refractivity contribution < 1.29 is 0 Å². The van der Waals surface area contributed by atoms with E-state index in [4.69, 9.17) is 0 Å². The van der Waals surface area contributed by atoms with Crippen LogP contribution in [-0.4, -0.2) is 11.5 Å². The summed E-state index contributed by atoms with van der Waals surface area (Å²) < 4.78 is 1.70. The van der Waals surface area contributed by atoms with Crippen LogP contribution in [0.15, 0.2) is 9.81 Å². The fourth-order valence-corrected chi connectivity index (χ4v) is 4.60. The molecule has 0 amide bonds. The first kappa shape index (κ1) is 9.01. The molecule has 0 radical (unpaired) electrons. The Hall–Kier alpha value is 0.440. The minimum Gasteiger partial charge on any atom is -0.119 e. The summed E-state index contributed by atoms with van der Waals surface area (Å²) in [5.41, 5.74) is 1.79. The number of hydrogen-bond acceptors (Lipinski definition) is 2. The predicted octanol–water partition coefficient (Wildman–Crippen LogP) is 4.03. The van der Waals surface area contributed by atoms with Gasteiger partial charge in [-0.05, 0) is 43.6 Å². The monoisotopic (exact) mass is 200 g/mol. The maximum Gasteiger partial charge on any atom is 0.0392 e. The lowest BCUT2D eigenvalue weighted by molar-refractivity contribution is 0.599. The van der Waals surface area contributed by atoms with Crippen molar-refractivity contribution in [3.05, 3.63) is 9.81 Å². The van der Waals surface area contributed by atoms with Gasteiger partial charge < -0.3 is 0 Å². The Bertz CT molecular complexity index is 148. The zero-order valence-electron chi connectivity index (χ0n) is 7.47. The summed E-state index contributed by atoms with van der Waals surface area (Å²) in [6, 6.07) is 0. The minimum absolute atomic E-state index is 1.37. The molecule has 2 heteroatoms. The summed E-state index contributed by atoms with van der Waals surface area (Å²) in [6.45, 7) is 0. The molecule has 1 aliphatic carbocycles. The third-order valence-corrected chi connectivity index (χ3v) is 5.30. The fraction of sp³-hybridized carbons (Fsp3) is 0.800. The molecule has 0 bridgehead atoms. The molecular weight excluding hydrogens is 184 g/mol.